The monoisotopic (exact) mass is 381 g/mol. The predicted octanol–water partition coefficient (Wildman–Crippen LogP) is 2.53. The van der Waals surface area contributed by atoms with Crippen molar-refractivity contribution in [2.45, 2.75) is 25.4 Å². The second-order valence-corrected chi connectivity index (χ2v) is 7.38. The van der Waals surface area contributed by atoms with Gasteiger partial charge in [0.15, 0.2) is 0 Å². The van der Waals surface area contributed by atoms with Crippen LogP contribution in [-0.2, 0) is 11.2 Å². The Morgan fingerprint density at radius 2 is 1.64 bits per heavy atom. The van der Waals surface area contributed by atoms with Gasteiger partial charge in [0.1, 0.15) is 0 Å². The minimum atomic E-state index is -0.286. The lowest BCUT2D eigenvalue weighted by Crippen LogP contribution is -2.40. The summed E-state index contributed by atoms with van der Waals surface area (Å²) in [6.45, 7) is 1.22. The van der Waals surface area contributed by atoms with Crippen molar-refractivity contribution >= 4 is 23.2 Å². The molecule has 0 bridgehead atoms. The summed E-state index contributed by atoms with van der Waals surface area (Å²) in [5.74, 6) is -0.0920. The Labute approximate surface area is 165 Å². The van der Waals surface area contributed by atoms with Crippen molar-refractivity contribution in [1.82, 2.24) is 4.90 Å². The predicted molar refractivity (Wildman–Crippen MR) is 111 cm³/mol. The number of amides is 2. The average molecular weight is 381 g/mol. The van der Waals surface area contributed by atoms with Crippen LogP contribution in [0, 0.1) is 0 Å². The molecule has 0 saturated carbocycles. The molecule has 1 fully saturated rings. The van der Waals surface area contributed by atoms with Gasteiger partial charge in [-0.25, -0.2) is 0 Å². The molecule has 0 aliphatic carbocycles. The van der Waals surface area contributed by atoms with Crippen molar-refractivity contribution < 1.29 is 14.7 Å². The molecule has 2 N–H and O–H groups in total. The number of hydrogen-bond acceptors (Lipinski definition) is 4. The van der Waals surface area contributed by atoms with E-state index in [-0.39, 0.29) is 17.9 Å². The summed E-state index contributed by atoms with van der Waals surface area (Å²) in [6, 6.07) is 14.8. The molecule has 1 aliphatic heterocycles. The normalized spacial score (nSPS) is 14.6. The van der Waals surface area contributed by atoms with Crippen LogP contribution in [0.5, 0.6) is 0 Å². The topological polar surface area (TPSA) is 72.9 Å². The molecule has 6 nitrogen and oxygen atoms in total. The van der Waals surface area contributed by atoms with Crippen LogP contribution in [0.3, 0.4) is 0 Å². The minimum absolute atomic E-state index is 0.0738. The van der Waals surface area contributed by atoms with Gasteiger partial charge >= 0.3 is 0 Å². The van der Waals surface area contributed by atoms with Crippen molar-refractivity contribution in [3.8, 4) is 0 Å². The Bertz CT molecular complexity index is 808. The molecule has 3 rings (SSSR count). The molecule has 0 unspecified atom stereocenters. The first kappa shape index (κ1) is 19.9. The fraction of sp³-hybridized carbons (Fsp3) is 0.364. The van der Waals surface area contributed by atoms with Crippen molar-refractivity contribution in [3.05, 3.63) is 59.7 Å². The highest BCUT2D eigenvalue weighted by atomic mass is 16.3. The van der Waals surface area contributed by atoms with Crippen LogP contribution >= 0.6 is 0 Å². The maximum absolute atomic E-state index is 12.4. The van der Waals surface area contributed by atoms with Crippen LogP contribution in [0.15, 0.2) is 48.5 Å². The second kappa shape index (κ2) is 8.89. The van der Waals surface area contributed by atoms with E-state index in [2.05, 4.69) is 5.32 Å². The first-order valence-corrected chi connectivity index (χ1v) is 9.56. The summed E-state index contributed by atoms with van der Waals surface area (Å²) in [5.41, 5.74) is 3.23. The number of aliphatic hydroxyl groups is 1. The third-order valence-electron chi connectivity index (χ3n) is 5.03. The molecule has 2 amide bonds. The number of nitrogens with one attached hydrogen (secondary N) is 1. The number of benzene rings is 2. The fourth-order valence-corrected chi connectivity index (χ4v) is 3.22. The van der Waals surface area contributed by atoms with Crippen LogP contribution < -0.4 is 10.2 Å². The zero-order valence-corrected chi connectivity index (χ0v) is 16.4. The van der Waals surface area contributed by atoms with Crippen LogP contribution in [0.1, 0.15) is 28.8 Å². The molecule has 28 heavy (non-hydrogen) atoms. The number of nitrogens with zero attached hydrogens (tertiary/aromatic N) is 2. The number of likely N-dealkylation sites (tertiary alicyclic amines) is 1. The van der Waals surface area contributed by atoms with Gasteiger partial charge in [0.05, 0.1) is 12.5 Å². The molecule has 0 radical (unpaired) electrons. The summed E-state index contributed by atoms with van der Waals surface area (Å²) in [6.07, 6.45) is 1.33. The minimum Gasteiger partial charge on any atom is -0.393 e. The van der Waals surface area contributed by atoms with E-state index in [4.69, 9.17) is 0 Å². The molecule has 0 aromatic heterocycles. The van der Waals surface area contributed by atoms with Gasteiger partial charge in [-0.15, -0.1) is 0 Å². The molecule has 6 heteroatoms. The van der Waals surface area contributed by atoms with Gasteiger partial charge in [0, 0.05) is 44.1 Å². The fourth-order valence-electron chi connectivity index (χ4n) is 3.22. The summed E-state index contributed by atoms with van der Waals surface area (Å²) in [4.78, 5) is 28.5. The van der Waals surface area contributed by atoms with Crippen LogP contribution in [0.25, 0.3) is 0 Å². The van der Waals surface area contributed by atoms with E-state index in [1.807, 2.05) is 55.4 Å². The van der Waals surface area contributed by atoms with Crippen molar-refractivity contribution in [1.29, 1.82) is 0 Å². The highest BCUT2D eigenvalue weighted by Crippen LogP contribution is 2.16. The molecule has 2 aromatic rings. The molecule has 1 aliphatic rings. The third kappa shape index (κ3) is 5.10. The summed E-state index contributed by atoms with van der Waals surface area (Å²) in [7, 11) is 3.91. The summed E-state index contributed by atoms with van der Waals surface area (Å²) < 4.78 is 0. The van der Waals surface area contributed by atoms with Gasteiger partial charge in [-0.2, -0.15) is 0 Å². The first-order chi connectivity index (χ1) is 13.4. The Balaban J connectivity index is 1.55. The lowest BCUT2D eigenvalue weighted by atomic mass is 10.1. The van der Waals surface area contributed by atoms with E-state index in [1.165, 1.54) is 0 Å². The van der Waals surface area contributed by atoms with E-state index in [1.54, 1.807) is 17.0 Å². The summed E-state index contributed by atoms with van der Waals surface area (Å²) >= 11 is 0. The number of anilines is 2. The SMILES string of the molecule is CN(C)c1ccc(C(=O)Nc2ccc(CC(=O)N3CCC(O)CC3)cc2)cc1. The number of carbonyl (C=O) groups excluding carboxylic acids is 2. The van der Waals surface area contributed by atoms with E-state index in [9.17, 15) is 14.7 Å². The van der Waals surface area contributed by atoms with Gasteiger partial charge in [-0.1, -0.05) is 12.1 Å². The van der Waals surface area contributed by atoms with Gasteiger partial charge in [-0.05, 0) is 54.8 Å². The van der Waals surface area contributed by atoms with Crippen molar-refractivity contribution in [3.63, 3.8) is 0 Å². The largest absolute Gasteiger partial charge is 0.393 e. The first-order valence-electron chi connectivity index (χ1n) is 9.56. The maximum atomic E-state index is 12.4. The highest BCUT2D eigenvalue weighted by Gasteiger charge is 2.21. The standard InChI is InChI=1S/C22H27N3O3/c1-24(2)19-9-5-17(6-10-19)22(28)23-18-7-3-16(4-8-18)15-21(27)25-13-11-20(26)12-14-25/h3-10,20,26H,11-15H2,1-2H3,(H,23,28). The van der Waals surface area contributed by atoms with Gasteiger partial charge in [-0.3, -0.25) is 9.59 Å². The maximum Gasteiger partial charge on any atom is 0.255 e. The number of hydrogen-bond donors (Lipinski definition) is 2. The van der Waals surface area contributed by atoms with E-state index < -0.39 is 0 Å². The Kier molecular flexibility index (Phi) is 6.31. The summed E-state index contributed by atoms with van der Waals surface area (Å²) in [5, 5.41) is 12.4. The molecule has 0 atom stereocenters. The molecule has 2 aromatic carbocycles. The molecular weight excluding hydrogens is 354 g/mol. The van der Waals surface area contributed by atoms with Crippen molar-refractivity contribution in [2.24, 2.45) is 0 Å². The van der Waals surface area contributed by atoms with Gasteiger partial charge < -0.3 is 20.2 Å². The molecule has 1 heterocycles. The lowest BCUT2D eigenvalue weighted by molar-refractivity contribution is -0.132. The van der Waals surface area contributed by atoms with Gasteiger partial charge in [0.2, 0.25) is 5.91 Å². The van der Waals surface area contributed by atoms with E-state index >= 15 is 0 Å². The second-order valence-electron chi connectivity index (χ2n) is 7.38. The Morgan fingerprint density at radius 1 is 1.04 bits per heavy atom. The lowest BCUT2D eigenvalue weighted by Gasteiger charge is -2.29. The van der Waals surface area contributed by atoms with Crippen LogP contribution in [0.2, 0.25) is 0 Å². The zero-order valence-electron chi connectivity index (χ0n) is 16.4. The third-order valence-corrected chi connectivity index (χ3v) is 5.03. The van der Waals surface area contributed by atoms with Crippen molar-refractivity contribution in [2.75, 3.05) is 37.4 Å². The van der Waals surface area contributed by atoms with Crippen LogP contribution in [0.4, 0.5) is 11.4 Å². The molecule has 1 saturated heterocycles. The molecular formula is C22H27N3O3. The number of piperidine rings is 1. The van der Waals surface area contributed by atoms with Crippen LogP contribution in [-0.4, -0.2) is 55.1 Å². The smallest absolute Gasteiger partial charge is 0.255 e. The molecule has 148 valence electrons. The number of rotatable bonds is 5. The quantitative estimate of drug-likeness (QED) is 0.835. The van der Waals surface area contributed by atoms with Gasteiger partial charge in [0.25, 0.3) is 5.91 Å². The molecule has 0 spiro atoms. The Hall–Kier alpha value is -2.86. The van der Waals surface area contributed by atoms with E-state index in [0.29, 0.717) is 43.6 Å². The average Bonchev–Trinajstić information content (AvgIpc) is 2.70. The number of aliphatic hydroxyl groups excluding tert-OH is 1. The van der Waals surface area contributed by atoms with E-state index in [0.717, 1.165) is 11.3 Å². The Morgan fingerprint density at radius 3 is 2.21 bits per heavy atom. The zero-order chi connectivity index (χ0) is 20.1. The number of carbonyl (C=O) groups is 2. The highest BCUT2D eigenvalue weighted by molar-refractivity contribution is 6.04.